The van der Waals surface area contributed by atoms with Gasteiger partial charge in [0.15, 0.2) is 34.5 Å². The van der Waals surface area contributed by atoms with Gasteiger partial charge in [0.05, 0.1) is 6.54 Å². The molecule has 6 rings (SSSR count). The molecule has 10 heteroatoms. The van der Waals surface area contributed by atoms with Crippen molar-refractivity contribution < 1.29 is 33.1 Å². The number of nitrogens with one attached hydrogen (secondary N) is 1. The molecule has 0 unspecified atom stereocenters. The third-order valence-corrected chi connectivity index (χ3v) is 6.42. The maximum Gasteiger partial charge on any atom is 0.273 e. The number of amides is 2. The molecular formula is C29H25N3O7. The van der Waals surface area contributed by atoms with E-state index in [0.717, 1.165) is 16.7 Å². The number of fused-ring (bicyclic) bond motifs is 2. The number of aromatic nitrogens is 1. The Morgan fingerprint density at radius 3 is 2.15 bits per heavy atom. The Morgan fingerprint density at radius 1 is 0.795 bits per heavy atom. The van der Waals surface area contributed by atoms with Crippen molar-refractivity contribution in [3.63, 3.8) is 0 Å². The first-order valence-electron chi connectivity index (χ1n) is 12.4. The van der Waals surface area contributed by atoms with E-state index in [1.165, 1.54) is 0 Å². The van der Waals surface area contributed by atoms with Crippen molar-refractivity contribution in [3.8, 4) is 23.0 Å². The van der Waals surface area contributed by atoms with Crippen LogP contribution < -0.4 is 24.3 Å². The lowest BCUT2D eigenvalue weighted by Gasteiger charge is -2.22. The summed E-state index contributed by atoms with van der Waals surface area (Å²) in [5.74, 6) is 2.43. The molecule has 1 N–H and O–H groups in total. The van der Waals surface area contributed by atoms with Crippen LogP contribution in [0.3, 0.4) is 0 Å². The van der Waals surface area contributed by atoms with Crippen molar-refractivity contribution in [2.24, 2.45) is 0 Å². The van der Waals surface area contributed by atoms with Crippen LogP contribution in [0.15, 0.2) is 71.3 Å². The number of carbonyl (C=O) groups excluding carboxylic acids is 2. The van der Waals surface area contributed by atoms with Gasteiger partial charge in [0.1, 0.15) is 0 Å². The molecule has 198 valence electrons. The largest absolute Gasteiger partial charge is 0.454 e. The van der Waals surface area contributed by atoms with E-state index in [2.05, 4.69) is 10.5 Å². The molecule has 0 radical (unpaired) electrons. The van der Waals surface area contributed by atoms with Gasteiger partial charge in [0, 0.05) is 24.7 Å². The Hall–Kier alpha value is -4.99. The van der Waals surface area contributed by atoms with Crippen LogP contribution in [0.1, 0.15) is 43.3 Å². The highest BCUT2D eigenvalue weighted by Crippen LogP contribution is 2.34. The third-order valence-electron chi connectivity index (χ3n) is 6.42. The number of nitrogens with zero attached hydrogens (tertiary/aromatic N) is 2. The van der Waals surface area contributed by atoms with Crippen LogP contribution in [0.2, 0.25) is 0 Å². The molecule has 2 aliphatic heterocycles. The molecule has 2 amide bonds. The van der Waals surface area contributed by atoms with Crippen molar-refractivity contribution in [1.29, 1.82) is 0 Å². The Labute approximate surface area is 224 Å². The molecule has 39 heavy (non-hydrogen) atoms. The average molecular weight is 528 g/mol. The number of hydrogen-bond donors (Lipinski definition) is 1. The van der Waals surface area contributed by atoms with Gasteiger partial charge in [-0.05, 0) is 54.4 Å². The minimum atomic E-state index is -0.394. The van der Waals surface area contributed by atoms with Gasteiger partial charge in [-0.15, -0.1) is 0 Å². The Kier molecular flexibility index (Phi) is 6.50. The van der Waals surface area contributed by atoms with Gasteiger partial charge in [0.2, 0.25) is 13.6 Å². The number of benzene rings is 3. The van der Waals surface area contributed by atoms with Gasteiger partial charge in [-0.3, -0.25) is 9.59 Å². The highest BCUT2D eigenvalue weighted by molar-refractivity contribution is 5.94. The zero-order valence-electron chi connectivity index (χ0n) is 21.1. The molecular weight excluding hydrogens is 502 g/mol. The molecule has 0 spiro atoms. The van der Waals surface area contributed by atoms with Crippen molar-refractivity contribution in [3.05, 3.63) is 100 Å². The maximum atomic E-state index is 13.5. The van der Waals surface area contributed by atoms with Gasteiger partial charge >= 0.3 is 0 Å². The van der Waals surface area contributed by atoms with Crippen molar-refractivity contribution in [2.45, 2.75) is 26.6 Å². The first-order chi connectivity index (χ1) is 19.0. The first-order valence-corrected chi connectivity index (χ1v) is 12.4. The van der Waals surface area contributed by atoms with Crippen molar-refractivity contribution in [2.75, 3.05) is 13.6 Å². The molecule has 3 aromatic carbocycles. The van der Waals surface area contributed by atoms with Crippen LogP contribution in [0, 0.1) is 6.92 Å². The topological polar surface area (TPSA) is 112 Å². The number of carbonyl (C=O) groups is 2. The molecule has 0 saturated carbocycles. The lowest BCUT2D eigenvalue weighted by molar-refractivity contribution is 0.0712. The van der Waals surface area contributed by atoms with E-state index >= 15 is 0 Å². The van der Waals surface area contributed by atoms with Crippen LogP contribution in [0.5, 0.6) is 23.0 Å². The fourth-order valence-electron chi connectivity index (χ4n) is 4.34. The Bertz CT molecular complexity index is 1530. The highest BCUT2D eigenvalue weighted by Gasteiger charge is 2.22. The standard InChI is InChI=1S/C29H25N3O7/c1-18-2-6-21(7-3-18)29(34)32(14-20-5-9-25-27(11-20)38-17-36-25)15-22-12-23(31-39-22)28(33)30-13-19-4-8-24-26(10-19)37-16-35-24/h2-12H,13-17H2,1H3,(H,30,33). The van der Waals surface area contributed by atoms with Gasteiger partial charge in [-0.25, -0.2) is 0 Å². The molecule has 0 atom stereocenters. The number of rotatable bonds is 8. The zero-order chi connectivity index (χ0) is 26.8. The molecule has 0 aliphatic carbocycles. The predicted octanol–water partition coefficient (Wildman–Crippen LogP) is 4.21. The predicted molar refractivity (Wildman–Crippen MR) is 138 cm³/mol. The van der Waals surface area contributed by atoms with Crippen LogP contribution in [0.25, 0.3) is 0 Å². The molecule has 0 bridgehead atoms. The molecule has 0 fully saturated rings. The zero-order valence-corrected chi connectivity index (χ0v) is 21.1. The fourth-order valence-corrected chi connectivity index (χ4v) is 4.34. The second kappa shape index (κ2) is 10.4. The smallest absolute Gasteiger partial charge is 0.273 e. The van der Waals surface area contributed by atoms with Gasteiger partial charge in [0.25, 0.3) is 11.8 Å². The quantitative estimate of drug-likeness (QED) is 0.363. The van der Waals surface area contributed by atoms with Crippen LogP contribution in [0.4, 0.5) is 0 Å². The summed E-state index contributed by atoms with van der Waals surface area (Å²) in [4.78, 5) is 27.9. The van der Waals surface area contributed by atoms with Crippen molar-refractivity contribution >= 4 is 11.8 Å². The molecule has 10 nitrogen and oxygen atoms in total. The van der Waals surface area contributed by atoms with E-state index in [1.54, 1.807) is 29.2 Å². The van der Waals surface area contributed by atoms with E-state index in [4.69, 9.17) is 23.5 Å². The summed E-state index contributed by atoms with van der Waals surface area (Å²) < 4.78 is 27.1. The van der Waals surface area contributed by atoms with Crippen LogP contribution in [-0.2, 0) is 19.6 Å². The normalized spacial score (nSPS) is 12.8. The molecule has 1 aromatic heterocycles. The molecule has 4 aromatic rings. The number of aryl methyl sites for hydroxylation is 1. The van der Waals surface area contributed by atoms with Gasteiger partial charge in [-0.2, -0.15) is 0 Å². The Morgan fingerprint density at radius 2 is 1.44 bits per heavy atom. The summed E-state index contributed by atoms with van der Waals surface area (Å²) >= 11 is 0. The minimum Gasteiger partial charge on any atom is -0.454 e. The average Bonchev–Trinajstić information content (AvgIpc) is 3.72. The van der Waals surface area contributed by atoms with Gasteiger partial charge in [-0.1, -0.05) is 35.0 Å². The van der Waals surface area contributed by atoms with E-state index < -0.39 is 5.91 Å². The second-order valence-electron chi connectivity index (χ2n) is 9.26. The summed E-state index contributed by atoms with van der Waals surface area (Å²) in [5, 5.41) is 6.76. The monoisotopic (exact) mass is 527 g/mol. The SMILES string of the molecule is Cc1ccc(C(=O)N(Cc2ccc3c(c2)OCO3)Cc2cc(C(=O)NCc3ccc4c(c3)OCO4)no2)cc1. The fraction of sp³-hybridized carbons (Fsp3) is 0.207. The number of hydrogen-bond acceptors (Lipinski definition) is 8. The van der Waals surface area contributed by atoms with Crippen molar-refractivity contribution in [1.82, 2.24) is 15.4 Å². The van der Waals surface area contributed by atoms with Crippen LogP contribution >= 0.6 is 0 Å². The van der Waals surface area contributed by atoms with E-state index in [0.29, 0.717) is 34.3 Å². The summed E-state index contributed by atoms with van der Waals surface area (Å²) in [6, 6.07) is 20.0. The van der Waals surface area contributed by atoms with E-state index in [9.17, 15) is 9.59 Å². The minimum absolute atomic E-state index is 0.115. The summed E-state index contributed by atoms with van der Waals surface area (Å²) in [6.07, 6.45) is 0. The maximum absolute atomic E-state index is 13.5. The summed E-state index contributed by atoms with van der Waals surface area (Å²) in [6.45, 7) is 3.00. The van der Waals surface area contributed by atoms with E-state index in [1.807, 2.05) is 49.4 Å². The lowest BCUT2D eigenvalue weighted by atomic mass is 10.1. The Balaban J connectivity index is 1.16. The third kappa shape index (κ3) is 5.35. The first kappa shape index (κ1) is 24.4. The highest BCUT2D eigenvalue weighted by atomic mass is 16.7. The summed E-state index contributed by atoms with van der Waals surface area (Å²) in [7, 11) is 0. The van der Waals surface area contributed by atoms with E-state index in [-0.39, 0.29) is 44.8 Å². The van der Waals surface area contributed by atoms with Crippen LogP contribution in [-0.4, -0.2) is 35.5 Å². The molecule has 2 aliphatic rings. The molecule has 3 heterocycles. The molecule has 0 saturated heterocycles. The lowest BCUT2D eigenvalue weighted by Crippen LogP contribution is -2.30. The van der Waals surface area contributed by atoms with Gasteiger partial charge < -0.3 is 33.7 Å². The number of ether oxygens (including phenoxy) is 4. The summed E-state index contributed by atoms with van der Waals surface area (Å²) in [5.41, 5.74) is 3.44. The second-order valence-corrected chi connectivity index (χ2v) is 9.26.